The molecule has 0 spiro atoms. The summed E-state index contributed by atoms with van der Waals surface area (Å²) in [5.41, 5.74) is 2.54. The van der Waals surface area contributed by atoms with Crippen molar-refractivity contribution in [1.29, 1.82) is 0 Å². The van der Waals surface area contributed by atoms with Crippen LogP contribution < -0.4 is 4.74 Å². The van der Waals surface area contributed by atoms with E-state index in [2.05, 4.69) is 6.58 Å². The number of hydrogen-bond donors (Lipinski definition) is 0. The maximum atomic E-state index is 12.7. The van der Waals surface area contributed by atoms with Crippen molar-refractivity contribution in [2.45, 2.75) is 12.8 Å². The average molecular weight is 447 g/mol. The van der Waals surface area contributed by atoms with Crippen molar-refractivity contribution in [2.24, 2.45) is 0 Å². The zero-order chi connectivity index (χ0) is 21.7. The smallest absolute Gasteiger partial charge is 0.246 e. The monoisotopic (exact) mass is 446 g/mol. The molecule has 2 aromatic rings. The third-order valence-electron chi connectivity index (χ3n) is 5.26. The van der Waals surface area contributed by atoms with E-state index in [4.69, 9.17) is 27.9 Å². The van der Waals surface area contributed by atoms with Crippen LogP contribution in [-0.4, -0.2) is 54.9 Å². The lowest BCUT2D eigenvalue weighted by molar-refractivity contribution is -0.137. The molecule has 7 heteroatoms. The highest BCUT2D eigenvalue weighted by molar-refractivity contribution is 6.36. The predicted molar refractivity (Wildman–Crippen MR) is 120 cm³/mol. The van der Waals surface area contributed by atoms with Gasteiger partial charge in [-0.3, -0.25) is 9.59 Å². The van der Waals surface area contributed by atoms with E-state index in [9.17, 15) is 9.59 Å². The molecule has 0 unspecified atom stereocenters. The number of ether oxygens (including phenoxy) is 1. The Kier molecular flexibility index (Phi) is 7.40. The van der Waals surface area contributed by atoms with Crippen LogP contribution in [0.25, 0.3) is 11.1 Å². The fraction of sp³-hybridized carbons (Fsp3) is 0.304. The quantitative estimate of drug-likeness (QED) is 0.615. The van der Waals surface area contributed by atoms with Crippen LogP contribution in [-0.2, 0) is 16.0 Å². The summed E-state index contributed by atoms with van der Waals surface area (Å²) in [6.45, 7) is 5.62. The van der Waals surface area contributed by atoms with E-state index >= 15 is 0 Å². The second-order valence-electron chi connectivity index (χ2n) is 7.03. The highest BCUT2D eigenvalue weighted by Gasteiger charge is 2.23. The van der Waals surface area contributed by atoms with Gasteiger partial charge < -0.3 is 14.5 Å². The number of piperazine rings is 1. The standard InChI is InChI=1S/C23H24Cl2N2O3/c1-3-22(28)26-10-12-27(13-11-26)23(29)9-8-16-14-18(20(25)15-21(16)30-2)17-6-4-5-7-19(17)24/h3-7,14-15H,1,8-13H2,2H3. The van der Waals surface area contributed by atoms with Crippen LogP contribution in [0, 0.1) is 0 Å². The van der Waals surface area contributed by atoms with Crippen molar-refractivity contribution in [2.75, 3.05) is 33.3 Å². The summed E-state index contributed by atoms with van der Waals surface area (Å²) < 4.78 is 5.48. The normalized spacial score (nSPS) is 13.8. The van der Waals surface area contributed by atoms with Crippen molar-refractivity contribution in [3.05, 3.63) is 64.7 Å². The largest absolute Gasteiger partial charge is 0.496 e. The first kappa shape index (κ1) is 22.2. The summed E-state index contributed by atoms with van der Waals surface area (Å²) in [7, 11) is 1.59. The van der Waals surface area contributed by atoms with E-state index in [1.54, 1.807) is 23.0 Å². The van der Waals surface area contributed by atoms with Crippen molar-refractivity contribution < 1.29 is 14.3 Å². The van der Waals surface area contributed by atoms with Gasteiger partial charge in [-0.05, 0) is 36.3 Å². The number of rotatable bonds is 6. The molecule has 30 heavy (non-hydrogen) atoms. The Morgan fingerprint density at radius 3 is 2.33 bits per heavy atom. The molecule has 0 saturated carbocycles. The number of amides is 2. The summed E-state index contributed by atoms with van der Waals surface area (Å²) >= 11 is 12.8. The maximum Gasteiger partial charge on any atom is 0.246 e. The average Bonchev–Trinajstić information content (AvgIpc) is 2.77. The summed E-state index contributed by atoms with van der Waals surface area (Å²) in [6, 6.07) is 11.2. The zero-order valence-corrected chi connectivity index (χ0v) is 18.4. The molecule has 158 valence electrons. The molecular weight excluding hydrogens is 423 g/mol. The van der Waals surface area contributed by atoms with Crippen LogP contribution in [0.2, 0.25) is 10.0 Å². The number of nitrogens with zero attached hydrogens (tertiary/aromatic N) is 2. The van der Waals surface area contributed by atoms with Gasteiger partial charge in [0.15, 0.2) is 0 Å². The summed E-state index contributed by atoms with van der Waals surface area (Å²) in [6.07, 6.45) is 2.17. The van der Waals surface area contributed by atoms with Gasteiger partial charge in [-0.1, -0.05) is 48.0 Å². The Bertz CT molecular complexity index is 953. The molecule has 1 aliphatic rings. The van der Waals surface area contributed by atoms with Gasteiger partial charge in [0.1, 0.15) is 5.75 Å². The first-order chi connectivity index (χ1) is 14.4. The van der Waals surface area contributed by atoms with Crippen LogP contribution >= 0.6 is 23.2 Å². The highest BCUT2D eigenvalue weighted by atomic mass is 35.5. The molecule has 0 aromatic heterocycles. The Labute approximate surface area is 186 Å². The fourth-order valence-electron chi connectivity index (χ4n) is 3.58. The molecule has 1 heterocycles. The van der Waals surface area contributed by atoms with Gasteiger partial charge in [-0.25, -0.2) is 0 Å². The number of methoxy groups -OCH3 is 1. The van der Waals surface area contributed by atoms with Crippen molar-refractivity contribution in [3.8, 4) is 16.9 Å². The Morgan fingerprint density at radius 1 is 1.03 bits per heavy atom. The molecule has 0 bridgehead atoms. The van der Waals surface area contributed by atoms with Gasteiger partial charge in [0.05, 0.1) is 12.1 Å². The Hall–Kier alpha value is -2.50. The van der Waals surface area contributed by atoms with Crippen molar-refractivity contribution in [3.63, 3.8) is 0 Å². The van der Waals surface area contributed by atoms with Crippen molar-refractivity contribution >= 4 is 35.0 Å². The summed E-state index contributed by atoms with van der Waals surface area (Å²) in [5.74, 6) is 0.599. The lowest BCUT2D eigenvalue weighted by atomic mass is 9.99. The number of aryl methyl sites for hydroxylation is 1. The molecule has 2 aromatic carbocycles. The number of benzene rings is 2. The van der Waals surface area contributed by atoms with E-state index in [0.29, 0.717) is 54.8 Å². The summed E-state index contributed by atoms with van der Waals surface area (Å²) in [5, 5.41) is 1.15. The Morgan fingerprint density at radius 2 is 1.70 bits per heavy atom. The van der Waals surface area contributed by atoms with Gasteiger partial charge in [0.25, 0.3) is 0 Å². The van der Waals surface area contributed by atoms with Crippen LogP contribution in [0.3, 0.4) is 0 Å². The van der Waals surface area contributed by atoms with Crippen LogP contribution in [0.1, 0.15) is 12.0 Å². The van der Waals surface area contributed by atoms with Gasteiger partial charge in [0, 0.05) is 48.7 Å². The van der Waals surface area contributed by atoms with E-state index in [1.807, 2.05) is 30.3 Å². The number of halogens is 2. The van der Waals surface area contributed by atoms with Gasteiger partial charge in [0.2, 0.25) is 11.8 Å². The highest BCUT2D eigenvalue weighted by Crippen LogP contribution is 2.37. The zero-order valence-electron chi connectivity index (χ0n) is 16.9. The van der Waals surface area contributed by atoms with E-state index in [1.165, 1.54) is 6.08 Å². The second-order valence-corrected chi connectivity index (χ2v) is 7.85. The SMILES string of the molecule is C=CC(=O)N1CCN(C(=O)CCc2cc(-c3ccccc3Cl)c(Cl)cc2OC)CC1. The second kappa shape index (κ2) is 10.0. The van der Waals surface area contributed by atoms with E-state index in [-0.39, 0.29) is 11.8 Å². The van der Waals surface area contributed by atoms with Gasteiger partial charge in [-0.15, -0.1) is 0 Å². The molecular formula is C23H24Cl2N2O3. The molecule has 0 N–H and O–H groups in total. The van der Waals surface area contributed by atoms with Gasteiger partial charge >= 0.3 is 0 Å². The third kappa shape index (κ3) is 4.97. The topological polar surface area (TPSA) is 49.9 Å². The van der Waals surface area contributed by atoms with Gasteiger partial charge in [-0.2, -0.15) is 0 Å². The molecule has 1 saturated heterocycles. The first-order valence-electron chi connectivity index (χ1n) is 9.75. The van der Waals surface area contributed by atoms with E-state index in [0.717, 1.165) is 16.7 Å². The molecule has 1 fully saturated rings. The maximum absolute atomic E-state index is 12.7. The lowest BCUT2D eigenvalue weighted by Crippen LogP contribution is -2.50. The molecule has 5 nitrogen and oxygen atoms in total. The predicted octanol–water partition coefficient (Wildman–Crippen LogP) is 4.46. The first-order valence-corrected chi connectivity index (χ1v) is 10.5. The molecule has 0 aliphatic carbocycles. The third-order valence-corrected chi connectivity index (χ3v) is 5.90. The number of hydrogen-bond acceptors (Lipinski definition) is 3. The number of carbonyl (C=O) groups is 2. The minimum atomic E-state index is -0.0971. The molecule has 0 radical (unpaired) electrons. The van der Waals surface area contributed by atoms with Crippen LogP contribution in [0.15, 0.2) is 49.1 Å². The molecule has 3 rings (SSSR count). The molecule has 1 aliphatic heterocycles. The lowest BCUT2D eigenvalue weighted by Gasteiger charge is -2.34. The van der Waals surface area contributed by atoms with Crippen molar-refractivity contribution in [1.82, 2.24) is 9.80 Å². The summed E-state index contributed by atoms with van der Waals surface area (Å²) in [4.78, 5) is 27.9. The van der Waals surface area contributed by atoms with Crippen LogP contribution in [0.5, 0.6) is 5.75 Å². The molecule has 2 amide bonds. The number of carbonyl (C=O) groups excluding carboxylic acids is 2. The molecule has 0 atom stereocenters. The minimum absolute atomic E-state index is 0.0528. The minimum Gasteiger partial charge on any atom is -0.496 e. The Balaban J connectivity index is 1.71. The fourth-order valence-corrected chi connectivity index (χ4v) is 4.07. The van der Waals surface area contributed by atoms with E-state index < -0.39 is 0 Å². The van der Waals surface area contributed by atoms with Crippen LogP contribution in [0.4, 0.5) is 0 Å².